The van der Waals surface area contributed by atoms with Crippen LogP contribution >= 0.6 is 11.6 Å². The van der Waals surface area contributed by atoms with Gasteiger partial charge in [0.05, 0.1) is 12.7 Å². The predicted molar refractivity (Wildman–Crippen MR) is 101 cm³/mol. The zero-order chi connectivity index (χ0) is 18.5. The maximum absolute atomic E-state index is 12.3. The van der Waals surface area contributed by atoms with E-state index in [9.17, 15) is 9.59 Å². The van der Waals surface area contributed by atoms with E-state index >= 15 is 0 Å². The Bertz CT molecular complexity index is 949. The van der Waals surface area contributed by atoms with Crippen LogP contribution < -0.4 is 5.32 Å². The molecule has 0 fully saturated rings. The van der Waals surface area contributed by atoms with Crippen LogP contribution in [0.1, 0.15) is 15.9 Å². The number of hydrogen-bond donors (Lipinski definition) is 1. The lowest BCUT2D eigenvalue weighted by Crippen LogP contribution is -2.29. The third-order valence-electron chi connectivity index (χ3n) is 4.13. The maximum Gasteiger partial charge on any atom is 0.340 e. The van der Waals surface area contributed by atoms with Gasteiger partial charge in [0.15, 0.2) is 0 Å². The number of nitrogens with one attached hydrogen (secondary N) is 1. The number of hydrogen-bond acceptors (Lipinski definition) is 3. The van der Waals surface area contributed by atoms with Crippen molar-refractivity contribution in [1.29, 1.82) is 0 Å². The third-order valence-corrected chi connectivity index (χ3v) is 4.37. The first-order valence-electron chi connectivity index (χ1n) is 8.26. The average Bonchev–Trinajstić information content (AvgIpc) is 3.00. The van der Waals surface area contributed by atoms with Gasteiger partial charge in [-0.1, -0.05) is 41.9 Å². The predicted octanol–water partition coefficient (Wildman–Crippen LogP) is 3.44. The SMILES string of the molecule is COC(=O)c1cn(CC(=O)NCCc2cccc(Cl)c2)c2ccccc12. The third kappa shape index (κ3) is 4.06. The number of carbonyl (C=O) groups excluding carboxylic acids is 2. The first-order valence-corrected chi connectivity index (χ1v) is 8.63. The zero-order valence-electron chi connectivity index (χ0n) is 14.4. The van der Waals surface area contributed by atoms with Crippen molar-refractivity contribution in [3.05, 3.63) is 70.9 Å². The lowest BCUT2D eigenvalue weighted by Gasteiger charge is -2.08. The molecule has 0 aliphatic heterocycles. The highest BCUT2D eigenvalue weighted by Crippen LogP contribution is 2.22. The standard InChI is InChI=1S/C20H19ClN2O3/c1-26-20(25)17-12-23(18-8-3-2-7-16(17)18)13-19(24)22-10-9-14-5-4-6-15(21)11-14/h2-8,11-12H,9-10,13H2,1H3,(H,22,24). The van der Waals surface area contributed by atoms with E-state index < -0.39 is 5.97 Å². The van der Waals surface area contributed by atoms with Crippen molar-refractivity contribution in [2.75, 3.05) is 13.7 Å². The van der Waals surface area contributed by atoms with Crippen LogP contribution in [0.3, 0.4) is 0 Å². The quantitative estimate of drug-likeness (QED) is 0.676. The largest absolute Gasteiger partial charge is 0.465 e. The Labute approximate surface area is 156 Å². The van der Waals surface area contributed by atoms with Gasteiger partial charge in [-0.15, -0.1) is 0 Å². The molecule has 0 spiro atoms. The molecule has 0 saturated carbocycles. The monoisotopic (exact) mass is 370 g/mol. The molecule has 1 N–H and O–H groups in total. The van der Waals surface area contributed by atoms with Gasteiger partial charge >= 0.3 is 5.97 Å². The lowest BCUT2D eigenvalue weighted by molar-refractivity contribution is -0.121. The van der Waals surface area contributed by atoms with Crippen molar-refractivity contribution in [2.24, 2.45) is 0 Å². The highest BCUT2D eigenvalue weighted by atomic mass is 35.5. The first-order chi connectivity index (χ1) is 12.6. The second-order valence-corrected chi connectivity index (χ2v) is 6.35. The van der Waals surface area contributed by atoms with E-state index in [4.69, 9.17) is 16.3 Å². The number of para-hydroxylation sites is 1. The molecule has 2 aromatic carbocycles. The molecule has 6 heteroatoms. The van der Waals surface area contributed by atoms with Crippen LogP contribution in [0.4, 0.5) is 0 Å². The maximum atomic E-state index is 12.3. The van der Waals surface area contributed by atoms with Crippen LogP contribution in [-0.2, 0) is 22.5 Å². The fourth-order valence-corrected chi connectivity index (χ4v) is 3.11. The molecule has 1 heterocycles. The van der Waals surface area contributed by atoms with Gasteiger partial charge < -0.3 is 14.6 Å². The Kier molecular flexibility index (Phi) is 5.58. The van der Waals surface area contributed by atoms with E-state index in [2.05, 4.69) is 5.32 Å². The van der Waals surface area contributed by atoms with Gasteiger partial charge in [-0.25, -0.2) is 4.79 Å². The first kappa shape index (κ1) is 18.0. The Hall–Kier alpha value is -2.79. The van der Waals surface area contributed by atoms with Crippen molar-refractivity contribution in [3.63, 3.8) is 0 Å². The lowest BCUT2D eigenvalue weighted by atomic mass is 10.1. The fraction of sp³-hybridized carbons (Fsp3) is 0.200. The molecule has 134 valence electrons. The summed E-state index contributed by atoms with van der Waals surface area (Å²) < 4.78 is 6.58. The van der Waals surface area contributed by atoms with Crippen molar-refractivity contribution in [2.45, 2.75) is 13.0 Å². The normalized spacial score (nSPS) is 10.7. The number of fused-ring (bicyclic) bond motifs is 1. The molecule has 5 nitrogen and oxygen atoms in total. The Morgan fingerprint density at radius 3 is 2.73 bits per heavy atom. The van der Waals surface area contributed by atoms with Crippen molar-refractivity contribution in [3.8, 4) is 0 Å². The summed E-state index contributed by atoms with van der Waals surface area (Å²) in [6, 6.07) is 15.0. The number of ether oxygens (including phenoxy) is 1. The minimum absolute atomic E-state index is 0.121. The van der Waals surface area contributed by atoms with E-state index in [0.29, 0.717) is 23.6 Å². The minimum Gasteiger partial charge on any atom is -0.465 e. The molecule has 0 atom stereocenters. The molecule has 0 radical (unpaired) electrons. The molecule has 1 aromatic heterocycles. The van der Waals surface area contributed by atoms with Crippen molar-refractivity contribution in [1.82, 2.24) is 9.88 Å². The van der Waals surface area contributed by atoms with Gasteiger partial charge in [-0.2, -0.15) is 0 Å². The molecule has 3 aromatic rings. The summed E-state index contributed by atoms with van der Waals surface area (Å²) in [7, 11) is 1.34. The van der Waals surface area contributed by atoms with Gasteiger partial charge in [0, 0.05) is 28.7 Å². The number of aromatic nitrogens is 1. The summed E-state index contributed by atoms with van der Waals surface area (Å²) in [5, 5.41) is 4.35. The molecule has 0 bridgehead atoms. The van der Waals surface area contributed by atoms with Crippen molar-refractivity contribution < 1.29 is 14.3 Å². The number of esters is 1. The number of halogens is 1. The topological polar surface area (TPSA) is 60.3 Å². The molecular formula is C20H19ClN2O3. The second-order valence-electron chi connectivity index (χ2n) is 5.91. The summed E-state index contributed by atoms with van der Waals surface area (Å²) in [5.74, 6) is -0.537. The number of nitrogens with zero attached hydrogens (tertiary/aromatic N) is 1. The molecule has 0 saturated heterocycles. The summed E-state index contributed by atoms with van der Waals surface area (Å²) in [6.07, 6.45) is 2.36. The van der Waals surface area contributed by atoms with Crippen LogP contribution in [0.25, 0.3) is 10.9 Å². The molecule has 3 rings (SSSR count). The van der Waals surface area contributed by atoms with Crippen LogP contribution in [0, 0.1) is 0 Å². The van der Waals surface area contributed by atoms with Gasteiger partial charge in [0.1, 0.15) is 6.54 Å². The second kappa shape index (κ2) is 8.06. The van der Waals surface area contributed by atoms with E-state index in [1.165, 1.54) is 7.11 Å². The minimum atomic E-state index is -0.415. The molecule has 0 aliphatic carbocycles. The zero-order valence-corrected chi connectivity index (χ0v) is 15.1. The Morgan fingerprint density at radius 1 is 1.15 bits per heavy atom. The van der Waals surface area contributed by atoms with E-state index in [0.717, 1.165) is 16.5 Å². The summed E-state index contributed by atoms with van der Waals surface area (Å²) in [5.41, 5.74) is 2.34. The number of benzene rings is 2. The number of amides is 1. The summed E-state index contributed by atoms with van der Waals surface area (Å²) in [4.78, 5) is 24.2. The van der Waals surface area contributed by atoms with E-state index in [-0.39, 0.29) is 12.5 Å². The fourth-order valence-electron chi connectivity index (χ4n) is 2.90. The van der Waals surface area contributed by atoms with Gasteiger partial charge in [0.2, 0.25) is 5.91 Å². The van der Waals surface area contributed by atoms with E-state index in [1.54, 1.807) is 10.8 Å². The Balaban J connectivity index is 1.66. The van der Waals surface area contributed by atoms with Crippen molar-refractivity contribution >= 4 is 34.4 Å². The highest BCUT2D eigenvalue weighted by molar-refractivity contribution is 6.30. The number of rotatable bonds is 6. The number of methoxy groups -OCH3 is 1. The average molecular weight is 371 g/mol. The van der Waals surface area contributed by atoms with Gasteiger partial charge in [-0.3, -0.25) is 4.79 Å². The summed E-state index contributed by atoms with van der Waals surface area (Å²) >= 11 is 5.96. The number of carbonyl (C=O) groups is 2. The molecule has 0 aliphatic rings. The van der Waals surface area contributed by atoms with E-state index in [1.807, 2.05) is 48.5 Å². The highest BCUT2D eigenvalue weighted by Gasteiger charge is 2.16. The molecular weight excluding hydrogens is 352 g/mol. The van der Waals surface area contributed by atoms with Gasteiger partial charge in [-0.05, 0) is 30.2 Å². The van der Waals surface area contributed by atoms with Crippen LogP contribution in [0.15, 0.2) is 54.7 Å². The molecule has 26 heavy (non-hydrogen) atoms. The van der Waals surface area contributed by atoms with Crippen LogP contribution in [0.2, 0.25) is 5.02 Å². The summed E-state index contributed by atoms with van der Waals surface area (Å²) in [6.45, 7) is 0.648. The molecule has 0 unspecified atom stereocenters. The Morgan fingerprint density at radius 2 is 1.96 bits per heavy atom. The molecule has 1 amide bonds. The van der Waals surface area contributed by atoms with Gasteiger partial charge in [0.25, 0.3) is 0 Å². The smallest absolute Gasteiger partial charge is 0.340 e. The van der Waals surface area contributed by atoms with Crippen LogP contribution in [0.5, 0.6) is 0 Å². The van der Waals surface area contributed by atoms with Crippen LogP contribution in [-0.4, -0.2) is 30.1 Å².